The zero-order chi connectivity index (χ0) is 21.1. The second-order valence-electron chi connectivity index (χ2n) is 8.06. The van der Waals surface area contributed by atoms with Gasteiger partial charge in [0.2, 0.25) is 11.8 Å². The quantitative estimate of drug-likeness (QED) is 0.704. The summed E-state index contributed by atoms with van der Waals surface area (Å²) in [4.78, 5) is 31.2. The van der Waals surface area contributed by atoms with E-state index in [0.29, 0.717) is 38.9 Å². The van der Waals surface area contributed by atoms with Crippen molar-refractivity contribution in [1.82, 2.24) is 15.2 Å². The Morgan fingerprint density at radius 1 is 1.20 bits per heavy atom. The second kappa shape index (κ2) is 8.69. The Morgan fingerprint density at radius 2 is 2.00 bits per heavy atom. The topological polar surface area (TPSA) is 75.4 Å². The van der Waals surface area contributed by atoms with Gasteiger partial charge in [0, 0.05) is 48.9 Å². The highest BCUT2D eigenvalue weighted by Gasteiger charge is 2.27. The molecule has 2 aromatic heterocycles. The number of carbonyl (C=O) groups excluding carboxylic acids is 2. The Bertz CT molecular complexity index is 1050. The molecule has 156 valence electrons. The van der Waals surface area contributed by atoms with E-state index >= 15 is 0 Å². The molecule has 3 aromatic rings. The highest BCUT2D eigenvalue weighted by molar-refractivity contribution is 5.89. The predicted octanol–water partition coefficient (Wildman–Crippen LogP) is 3.54. The maximum absolute atomic E-state index is 12.8. The molecule has 1 N–H and O–H groups in total. The van der Waals surface area contributed by atoms with Crippen molar-refractivity contribution >= 4 is 22.8 Å². The van der Waals surface area contributed by atoms with Gasteiger partial charge in [0.15, 0.2) is 0 Å². The number of nitrogens with one attached hydrogen (secondary N) is 1. The maximum Gasteiger partial charge on any atom is 0.227 e. The largest absolute Gasteiger partial charge is 0.464 e. The van der Waals surface area contributed by atoms with Crippen molar-refractivity contribution in [1.29, 1.82) is 0 Å². The van der Waals surface area contributed by atoms with Crippen LogP contribution in [0, 0.1) is 19.8 Å². The van der Waals surface area contributed by atoms with Crippen LogP contribution in [0.3, 0.4) is 0 Å². The fourth-order valence-corrected chi connectivity index (χ4v) is 4.03. The maximum atomic E-state index is 12.8. The Kier molecular flexibility index (Phi) is 5.84. The summed E-state index contributed by atoms with van der Waals surface area (Å²) < 4.78 is 5.73. The second-order valence-corrected chi connectivity index (χ2v) is 8.06. The van der Waals surface area contributed by atoms with E-state index in [4.69, 9.17) is 4.42 Å². The van der Waals surface area contributed by atoms with Gasteiger partial charge in [-0.05, 0) is 49.4 Å². The number of aryl methyl sites for hydroxylation is 2. The number of carbonyl (C=O) groups is 2. The first-order valence-corrected chi connectivity index (χ1v) is 10.4. The summed E-state index contributed by atoms with van der Waals surface area (Å²) in [7, 11) is 0. The number of furan rings is 1. The summed E-state index contributed by atoms with van der Waals surface area (Å²) in [6.07, 6.45) is 6.88. The molecule has 30 heavy (non-hydrogen) atoms. The molecule has 0 spiro atoms. The van der Waals surface area contributed by atoms with Gasteiger partial charge in [-0.2, -0.15) is 0 Å². The average Bonchev–Trinajstić information content (AvgIpc) is 3.18. The van der Waals surface area contributed by atoms with Gasteiger partial charge in [-0.1, -0.05) is 18.2 Å². The van der Waals surface area contributed by atoms with Crippen molar-refractivity contribution in [2.75, 3.05) is 13.1 Å². The highest BCUT2D eigenvalue weighted by atomic mass is 16.3. The number of hydrogen-bond donors (Lipinski definition) is 1. The number of rotatable bonds is 5. The van der Waals surface area contributed by atoms with Gasteiger partial charge >= 0.3 is 0 Å². The number of likely N-dealkylation sites (tertiary alicyclic amines) is 1. The van der Waals surface area contributed by atoms with Crippen molar-refractivity contribution in [3.8, 4) is 0 Å². The third-order valence-electron chi connectivity index (χ3n) is 6.09. The Balaban J connectivity index is 1.30. The van der Waals surface area contributed by atoms with Crippen LogP contribution in [-0.2, 0) is 22.6 Å². The minimum absolute atomic E-state index is 0.0499. The molecule has 4 rings (SSSR count). The SMILES string of the molecule is Cc1ccc2c(CC(=O)N3CCC(C(=O)NCc4cccnc4)CC3)coc2c1C. The number of amides is 2. The number of nitrogens with zero attached hydrogens (tertiary/aromatic N) is 2. The molecule has 0 atom stereocenters. The van der Waals surface area contributed by atoms with E-state index in [-0.39, 0.29) is 17.7 Å². The van der Waals surface area contributed by atoms with Gasteiger partial charge in [-0.15, -0.1) is 0 Å². The lowest BCUT2D eigenvalue weighted by Gasteiger charge is -2.31. The lowest BCUT2D eigenvalue weighted by atomic mass is 9.95. The van der Waals surface area contributed by atoms with Crippen molar-refractivity contribution < 1.29 is 14.0 Å². The van der Waals surface area contributed by atoms with E-state index < -0.39 is 0 Å². The van der Waals surface area contributed by atoms with Crippen LogP contribution < -0.4 is 5.32 Å². The standard InChI is InChI=1S/C24H27N3O3/c1-16-5-6-21-20(15-30-23(21)17(16)2)12-22(28)27-10-7-19(8-11-27)24(29)26-14-18-4-3-9-25-13-18/h3-6,9,13,15,19H,7-8,10-12,14H2,1-2H3,(H,26,29). The Morgan fingerprint density at radius 3 is 2.73 bits per heavy atom. The number of aromatic nitrogens is 1. The summed E-state index contributed by atoms with van der Waals surface area (Å²) >= 11 is 0. The van der Waals surface area contributed by atoms with Crippen LogP contribution in [0.15, 0.2) is 47.3 Å². The first-order valence-electron chi connectivity index (χ1n) is 10.4. The summed E-state index contributed by atoms with van der Waals surface area (Å²) in [5.74, 6) is 0.0915. The average molecular weight is 405 g/mol. The number of hydrogen-bond acceptors (Lipinski definition) is 4. The van der Waals surface area contributed by atoms with Crippen molar-refractivity contribution in [3.63, 3.8) is 0 Å². The van der Waals surface area contributed by atoms with Crippen LogP contribution in [0.1, 0.15) is 35.1 Å². The molecular weight excluding hydrogens is 378 g/mol. The number of fused-ring (bicyclic) bond motifs is 1. The van der Waals surface area contributed by atoms with Gasteiger partial charge in [0.05, 0.1) is 12.7 Å². The fourth-order valence-electron chi connectivity index (χ4n) is 4.03. The molecule has 6 heteroatoms. The van der Waals surface area contributed by atoms with E-state index in [9.17, 15) is 9.59 Å². The smallest absolute Gasteiger partial charge is 0.227 e. The molecule has 1 aliphatic heterocycles. The van der Waals surface area contributed by atoms with Gasteiger partial charge in [0.25, 0.3) is 0 Å². The molecule has 6 nitrogen and oxygen atoms in total. The predicted molar refractivity (Wildman–Crippen MR) is 115 cm³/mol. The summed E-state index contributed by atoms with van der Waals surface area (Å²) in [5.41, 5.74) is 5.07. The van der Waals surface area contributed by atoms with Gasteiger partial charge in [-0.3, -0.25) is 14.6 Å². The minimum Gasteiger partial charge on any atom is -0.464 e. The first-order chi connectivity index (χ1) is 14.5. The van der Waals surface area contributed by atoms with Gasteiger partial charge in [0.1, 0.15) is 5.58 Å². The normalized spacial score (nSPS) is 14.8. The number of benzene rings is 1. The van der Waals surface area contributed by atoms with Crippen LogP contribution in [0.4, 0.5) is 0 Å². The molecule has 2 amide bonds. The lowest BCUT2D eigenvalue weighted by molar-refractivity contribution is -0.135. The summed E-state index contributed by atoms with van der Waals surface area (Å²) in [6.45, 7) is 5.80. The number of pyridine rings is 1. The molecule has 1 aliphatic rings. The molecule has 1 aromatic carbocycles. The van der Waals surface area contributed by atoms with Crippen molar-refractivity contribution in [2.24, 2.45) is 5.92 Å². The third-order valence-corrected chi connectivity index (χ3v) is 6.09. The molecule has 0 unspecified atom stereocenters. The van der Waals surface area contributed by atoms with Crippen molar-refractivity contribution in [3.05, 3.63) is 65.2 Å². The van der Waals surface area contributed by atoms with E-state index in [1.807, 2.05) is 30.0 Å². The molecule has 0 saturated carbocycles. The monoisotopic (exact) mass is 405 g/mol. The molecule has 1 fully saturated rings. The molecule has 3 heterocycles. The summed E-state index contributed by atoms with van der Waals surface area (Å²) in [6, 6.07) is 7.90. The zero-order valence-electron chi connectivity index (χ0n) is 17.5. The van der Waals surface area contributed by atoms with Crippen LogP contribution in [0.5, 0.6) is 0 Å². The first kappa shape index (κ1) is 20.1. The molecule has 0 radical (unpaired) electrons. The minimum atomic E-state index is -0.0499. The Labute approximate surface area is 176 Å². The molecular formula is C24H27N3O3. The van der Waals surface area contributed by atoms with Crippen molar-refractivity contribution in [2.45, 2.75) is 39.7 Å². The highest BCUT2D eigenvalue weighted by Crippen LogP contribution is 2.27. The fraction of sp³-hybridized carbons (Fsp3) is 0.375. The van der Waals surface area contributed by atoms with E-state index in [0.717, 1.165) is 27.7 Å². The van der Waals surface area contributed by atoms with Gasteiger partial charge < -0.3 is 14.6 Å². The third kappa shape index (κ3) is 4.22. The van der Waals surface area contributed by atoms with E-state index in [1.54, 1.807) is 18.7 Å². The van der Waals surface area contributed by atoms with E-state index in [2.05, 4.69) is 23.3 Å². The van der Waals surface area contributed by atoms with Crippen LogP contribution in [0.2, 0.25) is 0 Å². The van der Waals surface area contributed by atoms with Crippen LogP contribution in [0.25, 0.3) is 11.0 Å². The number of piperidine rings is 1. The molecule has 0 bridgehead atoms. The molecule has 0 aliphatic carbocycles. The summed E-state index contributed by atoms with van der Waals surface area (Å²) in [5, 5.41) is 3.99. The van der Waals surface area contributed by atoms with Crippen LogP contribution in [-0.4, -0.2) is 34.8 Å². The van der Waals surface area contributed by atoms with Crippen LogP contribution >= 0.6 is 0 Å². The lowest BCUT2D eigenvalue weighted by Crippen LogP contribution is -2.43. The Hall–Kier alpha value is -3.15. The van der Waals surface area contributed by atoms with Gasteiger partial charge in [-0.25, -0.2) is 0 Å². The molecule has 1 saturated heterocycles. The van der Waals surface area contributed by atoms with E-state index in [1.165, 1.54) is 5.56 Å². The zero-order valence-corrected chi connectivity index (χ0v) is 17.5.